The smallest absolute Gasteiger partial charge is 0.193 e. The van der Waals surface area contributed by atoms with Gasteiger partial charge in [0.1, 0.15) is 5.60 Å². The van der Waals surface area contributed by atoms with E-state index in [1.54, 1.807) is 0 Å². The van der Waals surface area contributed by atoms with Crippen LogP contribution in [0, 0.1) is 0 Å². The molecule has 5 heteroatoms. The zero-order valence-electron chi connectivity index (χ0n) is 21.4. The lowest BCUT2D eigenvalue weighted by Gasteiger charge is -2.41. The zero-order valence-corrected chi connectivity index (χ0v) is 23.4. The van der Waals surface area contributed by atoms with Crippen molar-refractivity contribution >= 4 is 27.0 Å². The lowest BCUT2D eigenvalue weighted by molar-refractivity contribution is 0.0568. The van der Waals surface area contributed by atoms with Crippen LogP contribution in [0.4, 0.5) is 0 Å². The highest BCUT2D eigenvalue weighted by molar-refractivity contribution is 7.37. The normalized spacial score (nSPS) is 12.4. The maximum Gasteiger partial charge on any atom is 0.193 e. The predicted molar refractivity (Wildman–Crippen MR) is 146 cm³/mol. The quantitative estimate of drug-likeness (QED) is 0.238. The molecule has 0 amide bonds. The third-order valence-corrected chi connectivity index (χ3v) is 22.5. The average Bonchev–Trinajstić information content (AvgIpc) is 2.78. The molecule has 0 aromatic heterocycles. The number of carbonyl (C=O) groups is 2. The lowest BCUT2D eigenvalue weighted by atomic mass is 9.95. The first-order valence-electron chi connectivity index (χ1n) is 11.8. The standard InChI is InChI=1S/C29H36O3Si2/c1-29(2,32-34(6,7)33(3,4)5)28(31)26-19-15-23(16-20-26)21-22-13-17-25(18-14-22)27(30)24-11-9-8-10-12-24/h8-20H,21H2,1-7H3. The third-order valence-electron chi connectivity index (χ3n) is 6.74. The van der Waals surface area contributed by atoms with Gasteiger partial charge >= 0.3 is 0 Å². The first-order valence-corrected chi connectivity index (χ1v) is 19.2. The van der Waals surface area contributed by atoms with E-state index in [-0.39, 0.29) is 11.6 Å². The largest absolute Gasteiger partial charge is 0.408 e. The van der Waals surface area contributed by atoms with Crippen molar-refractivity contribution in [1.82, 2.24) is 0 Å². The van der Waals surface area contributed by atoms with Gasteiger partial charge in [0.2, 0.25) is 0 Å². The van der Waals surface area contributed by atoms with Crippen LogP contribution >= 0.6 is 0 Å². The summed E-state index contributed by atoms with van der Waals surface area (Å²) in [6, 6.07) is 24.9. The Balaban J connectivity index is 1.68. The number of hydrogen-bond donors (Lipinski definition) is 0. The number of ketones is 2. The molecule has 0 saturated carbocycles. The number of carbonyl (C=O) groups excluding carboxylic acids is 2. The molecule has 0 fully saturated rings. The van der Waals surface area contributed by atoms with Gasteiger partial charge < -0.3 is 4.43 Å². The summed E-state index contributed by atoms with van der Waals surface area (Å²) in [6.45, 7) is 15.2. The minimum Gasteiger partial charge on any atom is -0.408 e. The molecule has 0 spiro atoms. The number of hydrogen-bond acceptors (Lipinski definition) is 3. The van der Waals surface area contributed by atoms with E-state index in [0.717, 1.165) is 17.5 Å². The summed E-state index contributed by atoms with van der Waals surface area (Å²) >= 11 is 0. The highest BCUT2D eigenvalue weighted by atomic mass is 29.3. The molecule has 0 unspecified atom stereocenters. The van der Waals surface area contributed by atoms with Crippen molar-refractivity contribution in [2.75, 3.05) is 0 Å². The molecule has 0 aliphatic heterocycles. The summed E-state index contributed by atoms with van der Waals surface area (Å²) in [7, 11) is -3.42. The minimum absolute atomic E-state index is 0.0280. The van der Waals surface area contributed by atoms with Crippen molar-refractivity contribution < 1.29 is 14.0 Å². The van der Waals surface area contributed by atoms with Crippen molar-refractivity contribution in [1.29, 1.82) is 0 Å². The zero-order chi connectivity index (χ0) is 25.1. The van der Waals surface area contributed by atoms with Gasteiger partial charge in [-0.3, -0.25) is 9.59 Å². The lowest BCUT2D eigenvalue weighted by Crippen LogP contribution is -2.59. The van der Waals surface area contributed by atoms with E-state index in [1.165, 1.54) is 0 Å². The van der Waals surface area contributed by atoms with Gasteiger partial charge in [-0.2, -0.15) is 0 Å². The van der Waals surface area contributed by atoms with E-state index in [9.17, 15) is 9.59 Å². The Hall–Kier alpha value is -2.61. The molecule has 0 atom stereocenters. The molecule has 3 nitrogen and oxygen atoms in total. The van der Waals surface area contributed by atoms with Crippen LogP contribution < -0.4 is 0 Å². The monoisotopic (exact) mass is 488 g/mol. The Kier molecular flexibility index (Phi) is 7.60. The van der Waals surface area contributed by atoms with Crippen LogP contribution in [-0.4, -0.2) is 32.6 Å². The van der Waals surface area contributed by atoms with E-state index < -0.39 is 21.0 Å². The predicted octanol–water partition coefficient (Wildman–Crippen LogP) is 7.11. The van der Waals surface area contributed by atoms with Crippen LogP contribution in [0.1, 0.15) is 51.3 Å². The molecule has 0 heterocycles. The third kappa shape index (κ3) is 6.09. The van der Waals surface area contributed by atoms with Crippen LogP contribution in [-0.2, 0) is 10.8 Å². The average molecular weight is 489 g/mol. The van der Waals surface area contributed by atoms with Crippen LogP contribution in [0.5, 0.6) is 0 Å². The van der Waals surface area contributed by atoms with E-state index in [1.807, 2.05) is 92.7 Å². The Labute approximate surface area is 206 Å². The Morgan fingerprint density at radius 2 is 1.12 bits per heavy atom. The molecule has 0 aliphatic rings. The first-order chi connectivity index (χ1) is 15.8. The van der Waals surface area contributed by atoms with Gasteiger partial charge in [-0.15, -0.1) is 0 Å². The molecule has 0 aliphatic carbocycles. The molecule has 0 N–H and O–H groups in total. The Morgan fingerprint density at radius 3 is 1.59 bits per heavy atom. The molecule has 0 radical (unpaired) electrons. The van der Waals surface area contributed by atoms with Crippen molar-refractivity contribution in [2.24, 2.45) is 0 Å². The molecule has 3 aromatic rings. The van der Waals surface area contributed by atoms with Crippen LogP contribution in [0.15, 0.2) is 78.9 Å². The van der Waals surface area contributed by atoms with Crippen molar-refractivity contribution in [3.63, 3.8) is 0 Å². The van der Waals surface area contributed by atoms with Crippen molar-refractivity contribution in [2.45, 2.75) is 58.6 Å². The van der Waals surface area contributed by atoms with Gasteiger partial charge in [-0.05, 0) is 44.5 Å². The van der Waals surface area contributed by atoms with Crippen LogP contribution in [0.3, 0.4) is 0 Å². The highest BCUT2D eigenvalue weighted by Gasteiger charge is 2.45. The molecule has 0 bridgehead atoms. The summed E-state index contributed by atoms with van der Waals surface area (Å²) in [4.78, 5) is 25.8. The number of rotatable bonds is 9. The maximum atomic E-state index is 13.2. The number of benzene rings is 3. The van der Waals surface area contributed by atoms with Gasteiger partial charge in [0.15, 0.2) is 19.4 Å². The molecular formula is C29H36O3Si2. The summed E-state index contributed by atoms with van der Waals surface area (Å²) in [5.41, 5.74) is 3.46. The van der Waals surface area contributed by atoms with Crippen molar-refractivity contribution in [3.8, 4) is 0 Å². The fourth-order valence-corrected chi connectivity index (χ4v) is 7.08. The minimum atomic E-state index is -1.94. The van der Waals surface area contributed by atoms with E-state index >= 15 is 0 Å². The molecule has 34 heavy (non-hydrogen) atoms. The second-order valence-corrected chi connectivity index (χ2v) is 26.8. The Bertz CT molecular complexity index is 1140. The van der Waals surface area contributed by atoms with Crippen LogP contribution in [0.25, 0.3) is 0 Å². The topological polar surface area (TPSA) is 43.4 Å². The van der Waals surface area contributed by atoms with Crippen molar-refractivity contribution in [3.05, 3.63) is 107 Å². The van der Waals surface area contributed by atoms with E-state index in [0.29, 0.717) is 16.7 Å². The second kappa shape index (κ2) is 9.94. The van der Waals surface area contributed by atoms with Gasteiger partial charge in [-0.1, -0.05) is 98.5 Å². The van der Waals surface area contributed by atoms with Gasteiger partial charge in [0.05, 0.1) is 7.59 Å². The highest BCUT2D eigenvalue weighted by Crippen LogP contribution is 2.28. The molecule has 3 aromatic carbocycles. The Morgan fingerprint density at radius 1 is 0.676 bits per heavy atom. The second-order valence-electron chi connectivity index (χ2n) is 11.0. The van der Waals surface area contributed by atoms with Crippen LogP contribution in [0.2, 0.25) is 32.7 Å². The summed E-state index contributed by atoms with van der Waals surface area (Å²) in [5, 5.41) is 0. The molecule has 3 rings (SSSR count). The van der Waals surface area contributed by atoms with Gasteiger partial charge in [-0.25, -0.2) is 0 Å². The maximum absolute atomic E-state index is 13.2. The summed E-state index contributed by atoms with van der Waals surface area (Å²) in [5.74, 6) is 0.0573. The fraction of sp³-hybridized carbons (Fsp3) is 0.310. The van der Waals surface area contributed by atoms with E-state index in [4.69, 9.17) is 4.43 Å². The SMILES string of the molecule is CC(C)(O[Si](C)(C)[Si](C)(C)C)C(=O)c1ccc(Cc2ccc(C(=O)c3ccccc3)cc2)cc1. The summed E-state index contributed by atoms with van der Waals surface area (Å²) < 4.78 is 6.52. The molecular weight excluding hydrogens is 452 g/mol. The van der Waals surface area contributed by atoms with Gasteiger partial charge in [0, 0.05) is 16.7 Å². The fourth-order valence-electron chi connectivity index (χ4n) is 3.72. The molecule has 178 valence electrons. The summed E-state index contributed by atoms with van der Waals surface area (Å²) in [6.07, 6.45) is 0.740. The van der Waals surface area contributed by atoms with E-state index in [2.05, 4.69) is 32.7 Å². The first kappa shape index (κ1) is 26.0. The number of Topliss-reactive ketones (excluding diaryl/α,β-unsaturated/α-hetero) is 1. The molecule has 0 saturated heterocycles. The van der Waals surface area contributed by atoms with Gasteiger partial charge in [0.25, 0.3) is 0 Å².